The minimum atomic E-state index is -3.40. The summed E-state index contributed by atoms with van der Waals surface area (Å²) in [5.74, 6) is -0.370. The number of halogens is 1. The van der Waals surface area contributed by atoms with E-state index in [0.29, 0.717) is 6.42 Å². The van der Waals surface area contributed by atoms with Gasteiger partial charge in [0.1, 0.15) is 0 Å². The molecule has 0 bridgehead atoms. The maximum absolute atomic E-state index is 11.4. The van der Waals surface area contributed by atoms with Gasteiger partial charge in [-0.1, -0.05) is 6.92 Å². The fraction of sp³-hybridized carbons (Fsp3) is 1.00. The summed E-state index contributed by atoms with van der Waals surface area (Å²) in [5.41, 5.74) is 0. The fourth-order valence-corrected chi connectivity index (χ4v) is 5.57. The quantitative estimate of drug-likeness (QED) is 0.716. The molecule has 1 aliphatic heterocycles. The van der Waals surface area contributed by atoms with E-state index in [1.165, 1.54) is 0 Å². The van der Waals surface area contributed by atoms with Crippen LogP contribution in [0.2, 0.25) is 0 Å². The lowest BCUT2D eigenvalue weighted by atomic mass is 10.3. The Balaban J connectivity index is 2.69. The molecule has 0 aromatic rings. The molecule has 1 rings (SSSR count). The topological polar surface area (TPSA) is 80.3 Å². The molecule has 90 valence electrons. The molecule has 8 heteroatoms. The maximum Gasteiger partial charge on any atom is 0.211 e. The van der Waals surface area contributed by atoms with Gasteiger partial charge < -0.3 is 0 Å². The first-order valence-electron chi connectivity index (χ1n) is 4.60. The Kier molecular flexibility index (Phi) is 4.02. The highest BCUT2D eigenvalue weighted by molar-refractivity contribution is 7.92. The maximum atomic E-state index is 11.4. The molecule has 1 saturated heterocycles. The lowest BCUT2D eigenvalue weighted by Crippen LogP contribution is -2.41. The Labute approximate surface area is 95.2 Å². The summed E-state index contributed by atoms with van der Waals surface area (Å²) in [6.45, 7) is 1.74. The first kappa shape index (κ1) is 13.2. The molecule has 1 fully saturated rings. The van der Waals surface area contributed by atoms with Crippen LogP contribution in [0.15, 0.2) is 0 Å². The van der Waals surface area contributed by atoms with Crippen molar-refractivity contribution in [3.63, 3.8) is 0 Å². The molecular weight excluding hydrogens is 262 g/mol. The number of alkyl halides is 1. The van der Waals surface area contributed by atoms with Gasteiger partial charge in [-0.3, -0.25) is 0 Å². The highest BCUT2D eigenvalue weighted by atomic mass is 35.5. The van der Waals surface area contributed by atoms with Crippen LogP contribution in [0.1, 0.15) is 13.3 Å². The minimum Gasteiger partial charge on any atom is -0.229 e. The van der Waals surface area contributed by atoms with Crippen molar-refractivity contribution in [1.29, 1.82) is 0 Å². The van der Waals surface area contributed by atoms with E-state index < -0.39 is 31.3 Å². The van der Waals surface area contributed by atoms with Crippen LogP contribution in [0.3, 0.4) is 0 Å². The minimum absolute atomic E-state index is 0.00679. The van der Waals surface area contributed by atoms with E-state index in [0.717, 1.165) is 0 Å². The van der Waals surface area contributed by atoms with Crippen molar-refractivity contribution in [3.8, 4) is 0 Å². The van der Waals surface area contributed by atoms with Crippen molar-refractivity contribution in [3.05, 3.63) is 0 Å². The Morgan fingerprint density at radius 3 is 2.40 bits per heavy atom. The summed E-state index contributed by atoms with van der Waals surface area (Å²) in [5, 5.41) is -0.665. The standard InChI is InChI=1S/C7H14ClNO4S2/c1-2-3-15(12,13)9-7-5-14(10,11)4-6(7)8/h6-7,9H,2-5H2,1H3. The van der Waals surface area contributed by atoms with Crippen molar-refractivity contribution in [2.24, 2.45) is 0 Å². The summed E-state index contributed by atoms with van der Waals surface area (Å²) in [4.78, 5) is 0. The van der Waals surface area contributed by atoms with E-state index in [9.17, 15) is 16.8 Å². The van der Waals surface area contributed by atoms with Crippen LogP contribution >= 0.6 is 11.6 Å². The van der Waals surface area contributed by atoms with Crippen molar-refractivity contribution in [2.75, 3.05) is 17.3 Å². The average molecular weight is 276 g/mol. The molecule has 1 heterocycles. The van der Waals surface area contributed by atoms with Crippen LogP contribution in [0.25, 0.3) is 0 Å². The SMILES string of the molecule is CCCS(=O)(=O)NC1CS(=O)(=O)CC1Cl. The van der Waals surface area contributed by atoms with E-state index in [1.54, 1.807) is 6.92 Å². The number of rotatable bonds is 4. The average Bonchev–Trinajstić information content (AvgIpc) is 2.22. The molecule has 0 radical (unpaired) electrons. The van der Waals surface area contributed by atoms with Gasteiger partial charge in [-0.25, -0.2) is 21.6 Å². The summed E-state index contributed by atoms with van der Waals surface area (Å²) in [6.07, 6.45) is 0.488. The second kappa shape index (κ2) is 4.57. The molecule has 1 N–H and O–H groups in total. The highest BCUT2D eigenvalue weighted by Gasteiger charge is 2.38. The van der Waals surface area contributed by atoms with Gasteiger partial charge in [-0.15, -0.1) is 11.6 Å². The Morgan fingerprint density at radius 1 is 1.40 bits per heavy atom. The van der Waals surface area contributed by atoms with Crippen LogP contribution in [-0.2, 0) is 19.9 Å². The first-order valence-corrected chi connectivity index (χ1v) is 8.51. The van der Waals surface area contributed by atoms with Crippen molar-refractivity contribution in [1.82, 2.24) is 4.72 Å². The van der Waals surface area contributed by atoms with Crippen molar-refractivity contribution < 1.29 is 16.8 Å². The Morgan fingerprint density at radius 2 is 2.00 bits per heavy atom. The van der Waals surface area contributed by atoms with Gasteiger partial charge in [0.15, 0.2) is 9.84 Å². The molecule has 15 heavy (non-hydrogen) atoms. The normalized spacial score (nSPS) is 30.5. The fourth-order valence-electron chi connectivity index (χ4n) is 1.47. The Bertz CT molecular complexity index is 416. The molecule has 0 aromatic carbocycles. The van der Waals surface area contributed by atoms with E-state index >= 15 is 0 Å². The largest absolute Gasteiger partial charge is 0.229 e. The Hall–Kier alpha value is 0.150. The van der Waals surface area contributed by atoms with Crippen LogP contribution in [0.4, 0.5) is 0 Å². The highest BCUT2D eigenvalue weighted by Crippen LogP contribution is 2.18. The molecular formula is C7H14ClNO4S2. The molecule has 1 aliphatic rings. The van der Waals surface area contributed by atoms with Gasteiger partial charge in [-0.2, -0.15) is 0 Å². The van der Waals surface area contributed by atoms with E-state index in [1.807, 2.05) is 0 Å². The van der Waals surface area contributed by atoms with Gasteiger partial charge >= 0.3 is 0 Å². The third-order valence-corrected chi connectivity index (χ3v) is 6.07. The monoisotopic (exact) mass is 275 g/mol. The van der Waals surface area contributed by atoms with E-state index in [4.69, 9.17) is 11.6 Å². The third kappa shape index (κ3) is 3.90. The zero-order valence-electron chi connectivity index (χ0n) is 8.31. The van der Waals surface area contributed by atoms with Gasteiger partial charge in [0, 0.05) is 0 Å². The predicted molar refractivity (Wildman–Crippen MR) is 59.3 cm³/mol. The second-order valence-corrected chi connectivity index (χ2v) is 8.22. The van der Waals surface area contributed by atoms with Gasteiger partial charge in [-0.05, 0) is 6.42 Å². The summed E-state index contributed by atoms with van der Waals surface area (Å²) >= 11 is 5.76. The van der Waals surface area contributed by atoms with Crippen LogP contribution in [0, 0.1) is 0 Å². The molecule has 2 unspecified atom stereocenters. The lowest BCUT2D eigenvalue weighted by molar-refractivity contribution is 0.562. The van der Waals surface area contributed by atoms with Gasteiger partial charge in [0.05, 0.1) is 28.7 Å². The van der Waals surface area contributed by atoms with Crippen LogP contribution < -0.4 is 4.72 Å². The molecule has 0 aromatic heterocycles. The zero-order chi connectivity index (χ0) is 11.7. The van der Waals surface area contributed by atoms with Crippen LogP contribution in [-0.4, -0.2) is 45.5 Å². The molecule has 0 spiro atoms. The van der Waals surface area contributed by atoms with Crippen molar-refractivity contribution >= 4 is 31.5 Å². The smallest absolute Gasteiger partial charge is 0.211 e. The summed E-state index contributed by atoms with van der Waals surface area (Å²) in [6, 6.07) is -0.687. The molecule has 0 amide bonds. The van der Waals surface area contributed by atoms with E-state index in [2.05, 4.69) is 4.72 Å². The molecule has 5 nitrogen and oxygen atoms in total. The predicted octanol–water partition coefficient (Wildman–Crippen LogP) is -0.280. The molecule has 0 saturated carbocycles. The molecule has 0 aliphatic carbocycles. The number of hydrogen-bond acceptors (Lipinski definition) is 4. The number of hydrogen-bond donors (Lipinski definition) is 1. The van der Waals surface area contributed by atoms with Gasteiger partial charge in [0.2, 0.25) is 10.0 Å². The molecule has 2 atom stereocenters. The second-order valence-electron chi connectivity index (χ2n) is 3.64. The summed E-state index contributed by atoms with van der Waals surface area (Å²) in [7, 11) is -6.59. The summed E-state index contributed by atoms with van der Waals surface area (Å²) < 4.78 is 47.4. The van der Waals surface area contributed by atoms with Crippen LogP contribution in [0.5, 0.6) is 0 Å². The number of nitrogens with one attached hydrogen (secondary N) is 1. The third-order valence-electron chi connectivity index (χ3n) is 2.09. The number of sulfonamides is 1. The van der Waals surface area contributed by atoms with Crippen molar-refractivity contribution in [2.45, 2.75) is 24.8 Å². The number of sulfone groups is 1. The van der Waals surface area contributed by atoms with E-state index in [-0.39, 0.29) is 17.3 Å². The van der Waals surface area contributed by atoms with Gasteiger partial charge in [0.25, 0.3) is 0 Å². The zero-order valence-corrected chi connectivity index (χ0v) is 10.7. The first-order chi connectivity index (χ1) is 6.76. The lowest BCUT2D eigenvalue weighted by Gasteiger charge is -2.13.